The van der Waals surface area contributed by atoms with Crippen molar-refractivity contribution in [1.29, 1.82) is 5.26 Å². The normalized spacial score (nSPS) is 12.1. The molecule has 0 aliphatic rings. The Balaban J connectivity index is 1.44. The van der Waals surface area contributed by atoms with E-state index in [4.69, 9.17) is 37.7 Å². The van der Waals surface area contributed by atoms with E-state index in [2.05, 4.69) is 96.1 Å². The summed E-state index contributed by atoms with van der Waals surface area (Å²) in [6.45, 7) is 16.9. The second-order valence-corrected chi connectivity index (χ2v) is 22.4. The van der Waals surface area contributed by atoms with Gasteiger partial charge in [-0.15, -0.1) is 0 Å². The quantitative estimate of drug-likeness (QED) is 0.0551. The maximum absolute atomic E-state index is 12.5. The van der Waals surface area contributed by atoms with Crippen LogP contribution >= 0.6 is 0 Å². The summed E-state index contributed by atoms with van der Waals surface area (Å²) in [4.78, 5) is 14.9. The third kappa shape index (κ3) is 11.0. The Morgan fingerprint density at radius 1 is 0.545 bits per heavy atom. The van der Waals surface area contributed by atoms with Crippen molar-refractivity contribution < 1.29 is 38.0 Å². The first kappa shape index (κ1) is 57.9. The molecular weight excluding hydrogens is 1100 g/mol. The molecule has 0 bridgehead atoms. The average Bonchev–Trinajstić information content (AvgIpc) is 1.54. The first-order valence-corrected chi connectivity index (χ1v) is 29.2. The summed E-state index contributed by atoms with van der Waals surface area (Å²) in [5, 5.41) is 35.6. The highest BCUT2D eigenvalue weighted by Crippen LogP contribution is 2.40. The van der Waals surface area contributed by atoms with Crippen molar-refractivity contribution >= 4 is 79.8 Å². The molecular formula is C72H62B2N6O8. The second-order valence-electron chi connectivity index (χ2n) is 22.4. The van der Waals surface area contributed by atoms with E-state index in [1.54, 1.807) is 24.3 Å². The van der Waals surface area contributed by atoms with Crippen LogP contribution in [-0.2, 0) is 13.2 Å². The molecule has 0 spiro atoms. The van der Waals surface area contributed by atoms with Crippen molar-refractivity contribution in [3.63, 3.8) is 0 Å². The van der Waals surface area contributed by atoms with Gasteiger partial charge in [0.25, 0.3) is 5.70 Å². The van der Waals surface area contributed by atoms with Gasteiger partial charge in [-0.25, -0.2) is 14.8 Å². The molecule has 0 aliphatic carbocycles. The highest BCUT2D eigenvalue weighted by Gasteiger charge is 2.38. The molecule has 0 amide bonds. The fourth-order valence-corrected chi connectivity index (χ4v) is 11.7. The number of aliphatic hydroxyl groups is 2. The number of hydrogen-bond acceptors (Lipinski definition) is 11. The molecule has 4 heterocycles. The molecule has 16 heteroatoms. The molecule has 4 aromatic heterocycles. The molecule has 0 saturated heterocycles. The van der Waals surface area contributed by atoms with Gasteiger partial charge in [0.2, 0.25) is 11.8 Å². The molecule has 434 valence electrons. The number of aromatic nitrogens is 4. The van der Waals surface area contributed by atoms with Crippen LogP contribution in [0.2, 0.25) is 0 Å². The highest BCUT2D eigenvalue weighted by atomic mass is 16.5. The Morgan fingerprint density at radius 3 is 1.42 bits per heavy atom. The number of benzene rings is 8. The van der Waals surface area contributed by atoms with E-state index in [0.29, 0.717) is 114 Å². The lowest BCUT2D eigenvalue weighted by Crippen LogP contribution is -2.54. The van der Waals surface area contributed by atoms with Gasteiger partial charge < -0.3 is 47.0 Å². The van der Waals surface area contributed by atoms with E-state index in [9.17, 15) is 22.0 Å². The van der Waals surface area contributed by atoms with Gasteiger partial charge in [-0.3, -0.25) is 0 Å². The number of rotatable bonds is 20. The number of nitriles is 1. The van der Waals surface area contributed by atoms with Crippen LogP contribution in [0.15, 0.2) is 203 Å². The van der Waals surface area contributed by atoms with Crippen LogP contribution in [0.4, 0.5) is 0 Å². The predicted molar refractivity (Wildman–Crippen MR) is 348 cm³/mol. The second kappa shape index (κ2) is 25.2. The Hall–Kier alpha value is -10.5. The summed E-state index contributed by atoms with van der Waals surface area (Å²) in [6.07, 6.45) is 0. The van der Waals surface area contributed by atoms with Crippen LogP contribution in [0.1, 0.15) is 50.6 Å². The zero-order chi connectivity index (χ0) is 61.0. The molecule has 0 atom stereocenters. The van der Waals surface area contributed by atoms with Gasteiger partial charge in [-0.2, -0.15) is 5.26 Å². The average molecular weight is 1160 g/mol. The number of ether oxygens (including phenoxy) is 4. The number of nitrogens with zero attached hydrogens (tertiary/aromatic N) is 6. The van der Waals surface area contributed by atoms with Crippen molar-refractivity contribution in [3.8, 4) is 51.6 Å². The highest BCUT2D eigenvalue weighted by molar-refractivity contribution is 6.85. The van der Waals surface area contributed by atoms with Gasteiger partial charge in [0.1, 0.15) is 45.7 Å². The number of hydrogen-bond donors (Lipinski definition) is 2. The van der Waals surface area contributed by atoms with Crippen molar-refractivity contribution in [2.45, 2.75) is 40.9 Å². The summed E-state index contributed by atoms with van der Waals surface area (Å²) in [5.74, 6) is 2.38. The Morgan fingerprint density at radius 2 is 0.966 bits per heavy atom. The largest absolute Gasteiger partial charge is 0.496 e. The molecule has 0 unspecified atom stereocenters. The van der Waals surface area contributed by atoms with Crippen LogP contribution < -0.4 is 51.5 Å². The summed E-state index contributed by atoms with van der Waals surface area (Å²) in [6, 6.07) is 65.9. The zero-order valence-corrected chi connectivity index (χ0v) is 49.6. The maximum Gasteiger partial charge on any atom is 0.328 e. The van der Waals surface area contributed by atoms with Crippen molar-refractivity contribution in [2.24, 2.45) is 11.8 Å². The van der Waals surface area contributed by atoms with E-state index >= 15 is 0 Å². The van der Waals surface area contributed by atoms with E-state index in [0.717, 1.165) is 21.9 Å². The van der Waals surface area contributed by atoms with Crippen LogP contribution in [-0.4, -0.2) is 70.3 Å². The fourth-order valence-electron chi connectivity index (χ4n) is 11.7. The first-order chi connectivity index (χ1) is 43.0. The number of oxazole rings is 2. The molecule has 12 rings (SSSR count). The molecule has 12 aromatic rings. The minimum absolute atomic E-state index is 0.00255. The first-order valence-electron chi connectivity index (χ1n) is 29.2. The van der Waals surface area contributed by atoms with Crippen molar-refractivity contribution in [2.75, 3.05) is 27.4 Å². The minimum atomic E-state index is -0.701. The maximum atomic E-state index is 12.5. The third-order valence-electron chi connectivity index (χ3n) is 15.5. The Bertz CT molecular complexity index is 4280. The molecule has 0 saturated carbocycles. The molecule has 0 aliphatic heterocycles. The van der Waals surface area contributed by atoms with Crippen molar-refractivity contribution in [1.82, 2.24) is 18.9 Å². The molecule has 2 N–H and O–H groups in total. The molecule has 8 aromatic carbocycles. The van der Waals surface area contributed by atoms with E-state index < -0.39 is 13.7 Å². The summed E-state index contributed by atoms with van der Waals surface area (Å²) in [5.41, 5.74) is 8.60. The van der Waals surface area contributed by atoms with E-state index in [1.807, 2.05) is 121 Å². The minimum Gasteiger partial charge on any atom is -0.496 e. The smallest absolute Gasteiger partial charge is 0.328 e. The van der Waals surface area contributed by atoms with Crippen LogP contribution in [0.3, 0.4) is 0 Å². The van der Waals surface area contributed by atoms with Gasteiger partial charge in [0.05, 0.1) is 57.9 Å². The van der Waals surface area contributed by atoms with Crippen LogP contribution in [0.25, 0.3) is 71.6 Å². The number of fused-ring (bicyclic) bond motifs is 3. The Labute approximate surface area is 510 Å². The van der Waals surface area contributed by atoms with E-state index in [1.165, 1.54) is 14.2 Å². The standard InChI is InChI=1S/C72H62B2N6O8/c1-45(2)43-85-55-32-20-22-47(34-55)67-64-65(70(80(67)74(53-28-16-10-17-29-53)54-30-18-11-19-31-54)66(76-5)72-78-59-38-60(83-6)50(42-82)37-62(59)88-72)68(48-23-21-33-56(35-48)86-44-46(3)4)79(73(51-24-12-8-13-25-51)52-26-14-9-15-27-52)69(64)57(40-75)71-77-58-36-49(41-81)61(84-7)39-63(58)87-71/h8-39,45-46,81-82H,41-44H2,1-4,6-7H3/b69-57-,70-66+. The van der Waals surface area contributed by atoms with Gasteiger partial charge >= 0.3 is 13.7 Å². The third-order valence-corrected chi connectivity index (χ3v) is 15.5. The van der Waals surface area contributed by atoms with Crippen LogP contribution in [0.5, 0.6) is 23.0 Å². The monoisotopic (exact) mass is 1160 g/mol. The predicted octanol–water partition coefficient (Wildman–Crippen LogP) is 10.2. The zero-order valence-electron chi connectivity index (χ0n) is 49.6. The van der Waals surface area contributed by atoms with Crippen LogP contribution in [0, 0.1) is 29.7 Å². The van der Waals surface area contributed by atoms with Gasteiger partial charge in [0, 0.05) is 56.5 Å². The summed E-state index contributed by atoms with van der Waals surface area (Å²) >= 11 is 0. The van der Waals surface area contributed by atoms with Gasteiger partial charge in [-0.05, 0) is 48.2 Å². The van der Waals surface area contributed by atoms with Crippen molar-refractivity contribution in [3.05, 3.63) is 239 Å². The SMILES string of the molecule is [C-]#[N+]/C(c1nc2cc(OC)c(CO)cc2o1)=c1\c2c(-c3cccc(OCC(C)C)c3)n(B(c3ccccc3)c3ccccc3)/c(=C(/C#N)c3nc4cc(CO)c(OC)cc4o3)c2c(-c2cccc(OCC(C)C)c2)n1B(c1ccccc1)c1ccccc1. The fraction of sp³-hybridized carbons (Fsp3) is 0.167. The number of aliphatic hydroxyl groups excluding tert-OH is 2. The lowest BCUT2D eigenvalue weighted by Gasteiger charge is -2.24. The molecule has 0 fully saturated rings. The van der Waals surface area contributed by atoms with Gasteiger partial charge in [0.15, 0.2) is 11.2 Å². The molecule has 0 radical (unpaired) electrons. The lowest BCUT2D eigenvalue weighted by atomic mass is 9.50. The van der Waals surface area contributed by atoms with Gasteiger partial charge in [-0.1, -0.05) is 195 Å². The summed E-state index contributed by atoms with van der Waals surface area (Å²) < 4.78 is 42.9. The lowest BCUT2D eigenvalue weighted by molar-refractivity contribution is 0.271. The molecule has 88 heavy (non-hydrogen) atoms. The summed E-state index contributed by atoms with van der Waals surface area (Å²) in [7, 11) is 3.05. The topological polar surface area (TPSA) is 167 Å². The van der Waals surface area contributed by atoms with E-state index in [-0.39, 0.29) is 48.1 Å². The number of methoxy groups -OCH3 is 2. The Kier molecular flexibility index (Phi) is 16.6. The molecule has 14 nitrogen and oxygen atoms in total.